The van der Waals surface area contributed by atoms with Gasteiger partial charge >= 0.3 is 0 Å². The van der Waals surface area contributed by atoms with Crippen LogP contribution in [0.25, 0.3) is 27.6 Å². The molecular weight excluding hydrogens is 557 g/mol. The number of carbonyl (C=O) groups excluding carboxylic acids is 1. The van der Waals surface area contributed by atoms with E-state index in [0.29, 0.717) is 57.9 Å². The third-order valence-corrected chi connectivity index (χ3v) is 7.91. The number of rotatable bonds is 9. The smallest absolute Gasteiger partial charge is 0.234 e. The molecule has 3 aromatic heterocycles. The molecule has 0 spiro atoms. The Balaban J connectivity index is 1.33. The molecule has 214 valence electrons. The molecule has 6 rings (SSSR count). The van der Waals surface area contributed by atoms with Gasteiger partial charge < -0.3 is 19.4 Å². The number of amides is 1. The standard InChI is InChI=1S/C30H28FN7O3S/c1-17-9-10-19(13-21(17)31)33-28(39)16-42-30-34-23-15-26(41-4)25(40-3)14-20(23)29-35-27(36-38(29)30)11-12-37-18(2)32-22-7-5-6-8-24(22)37/h5-10,13-15H,11-12,16H2,1-4H3,(H,33,39). The van der Waals surface area contributed by atoms with Crippen molar-refractivity contribution in [2.75, 3.05) is 25.3 Å². The van der Waals surface area contributed by atoms with E-state index in [-0.39, 0.29) is 17.5 Å². The van der Waals surface area contributed by atoms with Crippen LogP contribution >= 0.6 is 11.8 Å². The van der Waals surface area contributed by atoms with Gasteiger partial charge in [0.25, 0.3) is 0 Å². The fraction of sp³-hybridized carbons (Fsp3) is 0.233. The molecule has 0 saturated carbocycles. The summed E-state index contributed by atoms with van der Waals surface area (Å²) in [6, 6.07) is 16.2. The minimum atomic E-state index is -0.378. The molecular formula is C30H28FN7O3S. The minimum absolute atomic E-state index is 0.0335. The van der Waals surface area contributed by atoms with Gasteiger partial charge in [0.15, 0.2) is 28.1 Å². The van der Waals surface area contributed by atoms with E-state index < -0.39 is 0 Å². The largest absolute Gasteiger partial charge is 0.493 e. The van der Waals surface area contributed by atoms with Crippen molar-refractivity contribution in [1.29, 1.82) is 0 Å². The van der Waals surface area contributed by atoms with E-state index in [1.165, 1.54) is 17.8 Å². The number of aromatic nitrogens is 6. The van der Waals surface area contributed by atoms with Gasteiger partial charge in [-0.05, 0) is 49.7 Å². The van der Waals surface area contributed by atoms with Gasteiger partial charge in [-0.3, -0.25) is 4.79 Å². The molecule has 12 heteroatoms. The Bertz CT molecular complexity index is 1970. The molecule has 1 N–H and O–H groups in total. The first kappa shape index (κ1) is 27.5. The van der Waals surface area contributed by atoms with Crippen molar-refractivity contribution in [3.05, 3.63) is 77.6 Å². The van der Waals surface area contributed by atoms with Crippen molar-refractivity contribution >= 4 is 50.9 Å². The van der Waals surface area contributed by atoms with Crippen LogP contribution in [0.15, 0.2) is 59.8 Å². The summed E-state index contributed by atoms with van der Waals surface area (Å²) in [4.78, 5) is 27.1. The van der Waals surface area contributed by atoms with Gasteiger partial charge in [0.1, 0.15) is 11.6 Å². The van der Waals surface area contributed by atoms with E-state index in [1.807, 2.05) is 37.3 Å². The number of halogens is 1. The zero-order valence-corrected chi connectivity index (χ0v) is 24.3. The molecule has 6 aromatic rings. The number of benzene rings is 3. The number of hydrogen-bond donors (Lipinski definition) is 1. The molecule has 0 aliphatic rings. The lowest BCUT2D eigenvalue weighted by Crippen LogP contribution is -2.15. The molecule has 3 heterocycles. The number of methoxy groups -OCH3 is 2. The van der Waals surface area contributed by atoms with Crippen LogP contribution in [0.5, 0.6) is 11.5 Å². The number of hydrogen-bond acceptors (Lipinski definition) is 8. The van der Waals surface area contributed by atoms with Crippen LogP contribution in [0, 0.1) is 19.7 Å². The fourth-order valence-corrected chi connectivity index (χ4v) is 5.58. The zero-order chi connectivity index (χ0) is 29.4. The van der Waals surface area contributed by atoms with Gasteiger partial charge in [0, 0.05) is 30.1 Å². The molecule has 0 fully saturated rings. The Hall–Kier alpha value is -4.71. The number of thioether (sulfide) groups is 1. The average molecular weight is 586 g/mol. The van der Waals surface area contributed by atoms with E-state index in [2.05, 4.69) is 14.9 Å². The molecule has 10 nitrogen and oxygen atoms in total. The van der Waals surface area contributed by atoms with E-state index >= 15 is 0 Å². The lowest BCUT2D eigenvalue weighted by Gasteiger charge is -2.11. The summed E-state index contributed by atoms with van der Waals surface area (Å²) in [5.41, 5.74) is 4.11. The highest BCUT2D eigenvalue weighted by molar-refractivity contribution is 7.99. The lowest BCUT2D eigenvalue weighted by atomic mass is 10.2. The zero-order valence-electron chi connectivity index (χ0n) is 23.5. The normalized spacial score (nSPS) is 11.5. The summed E-state index contributed by atoms with van der Waals surface area (Å²) in [5, 5.41) is 8.75. The Morgan fingerprint density at radius 1 is 0.976 bits per heavy atom. The third kappa shape index (κ3) is 5.20. The lowest BCUT2D eigenvalue weighted by molar-refractivity contribution is -0.113. The van der Waals surface area contributed by atoms with Crippen molar-refractivity contribution in [3.63, 3.8) is 0 Å². The summed E-state index contributed by atoms with van der Waals surface area (Å²) >= 11 is 1.21. The van der Waals surface area contributed by atoms with Crippen molar-refractivity contribution in [1.82, 2.24) is 29.1 Å². The van der Waals surface area contributed by atoms with Gasteiger partial charge in [-0.25, -0.2) is 19.3 Å². The number of aryl methyl sites for hydroxylation is 4. The molecule has 1 amide bonds. The molecule has 0 atom stereocenters. The Morgan fingerprint density at radius 2 is 1.76 bits per heavy atom. The molecule has 0 radical (unpaired) electrons. The van der Waals surface area contributed by atoms with Crippen molar-refractivity contribution in [2.45, 2.75) is 32.0 Å². The second-order valence-corrected chi connectivity index (χ2v) is 10.7. The topological polar surface area (TPSA) is 108 Å². The van der Waals surface area contributed by atoms with Crippen molar-refractivity contribution < 1.29 is 18.7 Å². The highest BCUT2D eigenvalue weighted by Gasteiger charge is 2.19. The summed E-state index contributed by atoms with van der Waals surface area (Å²) in [7, 11) is 3.14. The predicted molar refractivity (Wildman–Crippen MR) is 160 cm³/mol. The van der Waals surface area contributed by atoms with Crippen LogP contribution in [0.4, 0.5) is 10.1 Å². The van der Waals surface area contributed by atoms with Gasteiger partial charge in [-0.2, -0.15) is 4.52 Å². The number of carbonyl (C=O) groups is 1. The van der Waals surface area contributed by atoms with E-state index in [4.69, 9.17) is 24.5 Å². The second-order valence-electron chi connectivity index (χ2n) is 9.73. The summed E-state index contributed by atoms with van der Waals surface area (Å²) in [5.74, 6) is 1.97. The van der Waals surface area contributed by atoms with Gasteiger partial charge in [-0.15, -0.1) is 5.10 Å². The van der Waals surface area contributed by atoms with Crippen LogP contribution in [0.2, 0.25) is 0 Å². The van der Waals surface area contributed by atoms with E-state index in [9.17, 15) is 9.18 Å². The van der Waals surface area contributed by atoms with E-state index in [1.54, 1.807) is 43.9 Å². The number of nitrogens with zero attached hydrogens (tertiary/aromatic N) is 6. The molecule has 3 aromatic carbocycles. The summed E-state index contributed by atoms with van der Waals surface area (Å²) in [6.07, 6.45) is 0.557. The number of para-hydroxylation sites is 2. The summed E-state index contributed by atoms with van der Waals surface area (Å²) < 4.78 is 28.8. The number of ether oxygens (including phenoxy) is 2. The molecule has 0 saturated heterocycles. The monoisotopic (exact) mass is 585 g/mol. The van der Waals surface area contributed by atoms with Crippen LogP contribution in [-0.2, 0) is 17.8 Å². The molecule has 0 bridgehead atoms. The van der Waals surface area contributed by atoms with E-state index in [0.717, 1.165) is 22.2 Å². The maximum Gasteiger partial charge on any atom is 0.234 e. The van der Waals surface area contributed by atoms with Crippen LogP contribution in [-0.4, -0.2) is 55.0 Å². The molecule has 0 unspecified atom stereocenters. The summed E-state index contributed by atoms with van der Waals surface area (Å²) in [6.45, 7) is 4.30. The first-order chi connectivity index (χ1) is 20.3. The second kappa shape index (κ2) is 11.3. The highest BCUT2D eigenvalue weighted by Crippen LogP contribution is 2.34. The SMILES string of the molecule is COc1cc2nc(SCC(=O)Nc3ccc(C)c(F)c3)n3nc(CCn4c(C)nc5ccccc54)nc3c2cc1OC. The van der Waals surface area contributed by atoms with Crippen LogP contribution in [0.3, 0.4) is 0 Å². The molecule has 42 heavy (non-hydrogen) atoms. The first-order valence-corrected chi connectivity index (χ1v) is 14.2. The maximum absolute atomic E-state index is 14.0. The molecule has 0 aliphatic heterocycles. The third-order valence-electron chi connectivity index (χ3n) is 6.98. The minimum Gasteiger partial charge on any atom is -0.493 e. The quantitative estimate of drug-likeness (QED) is 0.178. The Morgan fingerprint density at radius 3 is 2.55 bits per heavy atom. The number of fused-ring (bicyclic) bond motifs is 4. The van der Waals surface area contributed by atoms with Crippen molar-refractivity contribution in [3.8, 4) is 11.5 Å². The first-order valence-electron chi connectivity index (χ1n) is 13.3. The Kier molecular flexibility index (Phi) is 7.38. The number of nitrogens with one attached hydrogen (secondary N) is 1. The predicted octanol–water partition coefficient (Wildman–Crippen LogP) is 5.37. The fourth-order valence-electron chi connectivity index (χ4n) is 4.84. The van der Waals surface area contributed by atoms with Crippen LogP contribution in [0.1, 0.15) is 17.2 Å². The highest BCUT2D eigenvalue weighted by atomic mass is 32.2. The number of imidazole rings is 1. The molecule has 0 aliphatic carbocycles. The van der Waals surface area contributed by atoms with Crippen molar-refractivity contribution in [2.24, 2.45) is 0 Å². The van der Waals surface area contributed by atoms with Gasteiger partial charge in [0.05, 0.1) is 36.5 Å². The maximum atomic E-state index is 14.0. The number of anilines is 1. The average Bonchev–Trinajstić information content (AvgIpc) is 3.56. The Labute approximate surface area is 244 Å². The van der Waals surface area contributed by atoms with Crippen LogP contribution < -0.4 is 14.8 Å². The van der Waals surface area contributed by atoms with Gasteiger partial charge in [0.2, 0.25) is 5.91 Å². The van der Waals surface area contributed by atoms with Gasteiger partial charge in [-0.1, -0.05) is 30.0 Å².